The topological polar surface area (TPSA) is 84.5 Å². The first kappa shape index (κ1) is 26.4. The maximum atomic E-state index is 13.3. The van der Waals surface area contributed by atoms with Crippen LogP contribution in [0.1, 0.15) is 41.1 Å². The Bertz CT molecular complexity index is 1130. The fourth-order valence-corrected chi connectivity index (χ4v) is 4.47. The number of halogens is 3. The van der Waals surface area contributed by atoms with Crippen molar-refractivity contribution in [1.29, 1.82) is 0 Å². The number of fused-ring (bicyclic) bond motifs is 5. The van der Waals surface area contributed by atoms with Crippen molar-refractivity contribution in [3.63, 3.8) is 0 Å². The number of esters is 1. The summed E-state index contributed by atoms with van der Waals surface area (Å²) in [6, 6.07) is 8.93. The third-order valence-corrected chi connectivity index (χ3v) is 6.34. The molecule has 0 fully saturated rings. The number of carbonyl (C=O) groups excluding carboxylic acids is 3. The number of ether oxygens (including phenoxy) is 1. The Morgan fingerprint density at radius 2 is 1.69 bits per heavy atom. The predicted molar refractivity (Wildman–Crippen MR) is 125 cm³/mol. The molecular formula is C26H29F3N2O4. The van der Waals surface area contributed by atoms with Gasteiger partial charge in [-0.2, -0.15) is 13.2 Å². The van der Waals surface area contributed by atoms with Gasteiger partial charge in [0.25, 0.3) is 0 Å². The molecule has 6 nitrogen and oxygen atoms in total. The standard InChI is InChI=1S/C26H29F3N2O4/c1-14-5-7-16-9-19(14)20-11-17(8-6-15(20)2)23(30-3)22(32)12-18(13-26(27,28)29)24(33)31-21(10-16)25(34)35-4/h5-9,11,18,21,23,30H,10,12-13H2,1-4H3,(H,31,33)/t18?,21-,23-/m0/s1. The van der Waals surface area contributed by atoms with Gasteiger partial charge >= 0.3 is 12.1 Å². The lowest BCUT2D eigenvalue weighted by Crippen LogP contribution is -2.47. The summed E-state index contributed by atoms with van der Waals surface area (Å²) in [6.45, 7) is 3.87. The first-order valence-electron chi connectivity index (χ1n) is 11.3. The van der Waals surface area contributed by atoms with Crippen LogP contribution in [0.2, 0.25) is 0 Å². The second kappa shape index (κ2) is 10.6. The van der Waals surface area contributed by atoms with Gasteiger partial charge in [0.2, 0.25) is 5.91 Å². The SMILES string of the molecule is CN[C@@H]1C(=O)CC(CC(F)(F)F)C(=O)N[C@H](C(=O)OC)Cc2ccc(C)c(c2)-c2cc1ccc2C. The van der Waals surface area contributed by atoms with Crippen LogP contribution in [-0.4, -0.2) is 44.0 Å². The van der Waals surface area contributed by atoms with Crippen LogP contribution < -0.4 is 10.6 Å². The van der Waals surface area contributed by atoms with Gasteiger partial charge in [0.05, 0.1) is 25.5 Å². The van der Waals surface area contributed by atoms with E-state index in [4.69, 9.17) is 4.74 Å². The van der Waals surface area contributed by atoms with E-state index in [0.717, 1.165) is 29.4 Å². The van der Waals surface area contributed by atoms with E-state index in [-0.39, 0.29) is 6.42 Å². The number of amides is 1. The molecule has 35 heavy (non-hydrogen) atoms. The lowest BCUT2D eigenvalue weighted by Gasteiger charge is -2.25. The molecule has 1 amide bonds. The van der Waals surface area contributed by atoms with Crippen LogP contribution in [0.4, 0.5) is 13.2 Å². The molecule has 1 heterocycles. The van der Waals surface area contributed by atoms with E-state index in [0.29, 0.717) is 11.1 Å². The molecule has 9 heteroatoms. The van der Waals surface area contributed by atoms with E-state index in [1.807, 2.05) is 38.1 Å². The summed E-state index contributed by atoms with van der Waals surface area (Å²) in [7, 11) is 2.69. The normalized spacial score (nSPS) is 21.2. The number of hydrogen-bond donors (Lipinski definition) is 2. The molecule has 0 aliphatic carbocycles. The van der Waals surface area contributed by atoms with Gasteiger partial charge in [-0.05, 0) is 60.3 Å². The average Bonchev–Trinajstić information content (AvgIpc) is 2.79. The Morgan fingerprint density at radius 1 is 1.06 bits per heavy atom. The molecule has 0 radical (unpaired) electrons. The number of aryl methyl sites for hydroxylation is 2. The van der Waals surface area contributed by atoms with Crippen LogP contribution in [0.15, 0.2) is 36.4 Å². The maximum absolute atomic E-state index is 13.3. The molecule has 3 rings (SSSR count). The van der Waals surface area contributed by atoms with Gasteiger partial charge in [0, 0.05) is 12.8 Å². The van der Waals surface area contributed by atoms with Gasteiger partial charge in [0.15, 0.2) is 5.78 Å². The number of methoxy groups -OCH3 is 1. The van der Waals surface area contributed by atoms with Gasteiger partial charge in [-0.25, -0.2) is 4.79 Å². The van der Waals surface area contributed by atoms with Gasteiger partial charge < -0.3 is 15.4 Å². The van der Waals surface area contributed by atoms with E-state index in [9.17, 15) is 27.6 Å². The smallest absolute Gasteiger partial charge is 0.389 e. The molecule has 0 saturated heterocycles. The molecule has 1 unspecified atom stereocenters. The van der Waals surface area contributed by atoms with E-state index >= 15 is 0 Å². The highest BCUT2D eigenvalue weighted by Crippen LogP contribution is 2.33. The largest absolute Gasteiger partial charge is 0.467 e. The lowest BCUT2D eigenvalue weighted by atomic mass is 9.87. The van der Waals surface area contributed by atoms with Crippen molar-refractivity contribution >= 4 is 17.7 Å². The molecule has 0 spiro atoms. The first-order valence-corrected chi connectivity index (χ1v) is 11.3. The van der Waals surface area contributed by atoms with Crippen molar-refractivity contribution in [2.24, 2.45) is 5.92 Å². The third-order valence-electron chi connectivity index (χ3n) is 6.34. The third kappa shape index (κ3) is 6.28. The highest BCUT2D eigenvalue weighted by molar-refractivity contribution is 5.92. The summed E-state index contributed by atoms with van der Waals surface area (Å²) in [5.74, 6) is -4.04. The number of nitrogens with one attached hydrogen (secondary N) is 2. The number of alkyl halides is 3. The summed E-state index contributed by atoms with van der Waals surface area (Å²) in [5, 5.41) is 5.28. The van der Waals surface area contributed by atoms with Crippen LogP contribution in [0.3, 0.4) is 0 Å². The average molecular weight is 491 g/mol. The van der Waals surface area contributed by atoms with Crippen molar-refractivity contribution in [2.75, 3.05) is 14.2 Å². The Morgan fingerprint density at radius 3 is 2.29 bits per heavy atom. The minimum atomic E-state index is -4.67. The number of carbonyl (C=O) groups is 3. The number of hydrogen-bond acceptors (Lipinski definition) is 5. The zero-order valence-corrected chi connectivity index (χ0v) is 20.1. The van der Waals surface area contributed by atoms with E-state index in [2.05, 4.69) is 10.6 Å². The number of Topliss-reactive ketones (excluding diaryl/α,β-unsaturated/α-hetero) is 1. The van der Waals surface area contributed by atoms with Gasteiger partial charge in [-0.15, -0.1) is 0 Å². The van der Waals surface area contributed by atoms with Gasteiger partial charge in [0.1, 0.15) is 6.04 Å². The summed E-state index contributed by atoms with van der Waals surface area (Å²) in [5.41, 5.74) is 4.99. The van der Waals surface area contributed by atoms with Crippen LogP contribution >= 0.6 is 0 Å². The van der Waals surface area contributed by atoms with Gasteiger partial charge in [-0.3, -0.25) is 9.59 Å². The minimum absolute atomic E-state index is 0.0241. The van der Waals surface area contributed by atoms with Crippen LogP contribution in [-0.2, 0) is 25.5 Å². The second-order valence-corrected chi connectivity index (χ2v) is 8.92. The Labute approximate surface area is 202 Å². The van der Waals surface area contributed by atoms with E-state index in [1.165, 1.54) is 0 Å². The monoisotopic (exact) mass is 490 g/mol. The zero-order valence-electron chi connectivity index (χ0n) is 20.1. The molecule has 2 aromatic carbocycles. The molecular weight excluding hydrogens is 461 g/mol. The molecule has 3 atom stereocenters. The predicted octanol–water partition coefficient (Wildman–Crippen LogP) is 3.97. The van der Waals surface area contributed by atoms with Crippen LogP contribution in [0, 0.1) is 19.8 Å². The summed E-state index contributed by atoms with van der Waals surface area (Å²) in [4.78, 5) is 38.5. The maximum Gasteiger partial charge on any atom is 0.389 e. The van der Waals surface area contributed by atoms with Crippen LogP contribution in [0.25, 0.3) is 11.1 Å². The summed E-state index contributed by atoms with van der Waals surface area (Å²) >= 11 is 0. The van der Waals surface area contributed by atoms with E-state index < -0.39 is 54.7 Å². The zero-order chi connectivity index (χ0) is 25.9. The fourth-order valence-electron chi connectivity index (χ4n) is 4.47. The Balaban J connectivity index is 2.19. The fraction of sp³-hybridized carbons (Fsp3) is 0.423. The number of ketones is 1. The number of likely N-dealkylation sites (N-methyl/N-ethyl adjacent to an activating group) is 1. The second-order valence-electron chi connectivity index (χ2n) is 8.92. The number of benzene rings is 2. The highest BCUT2D eigenvalue weighted by Gasteiger charge is 2.39. The molecule has 188 valence electrons. The highest BCUT2D eigenvalue weighted by atomic mass is 19.4. The first-order chi connectivity index (χ1) is 16.4. The van der Waals surface area contributed by atoms with Crippen molar-refractivity contribution < 1.29 is 32.3 Å². The quantitative estimate of drug-likeness (QED) is 0.636. The summed E-state index contributed by atoms with van der Waals surface area (Å²) < 4.78 is 44.8. The van der Waals surface area contributed by atoms with Gasteiger partial charge in [-0.1, -0.05) is 30.3 Å². The van der Waals surface area contributed by atoms with Crippen LogP contribution in [0.5, 0.6) is 0 Å². The minimum Gasteiger partial charge on any atom is -0.467 e. The van der Waals surface area contributed by atoms with Crippen molar-refractivity contribution in [2.45, 2.75) is 51.4 Å². The Kier molecular flexibility index (Phi) is 8.00. The van der Waals surface area contributed by atoms with Crippen molar-refractivity contribution in [3.8, 4) is 11.1 Å². The lowest BCUT2D eigenvalue weighted by molar-refractivity contribution is -0.157. The molecule has 2 N–H and O–H groups in total. The van der Waals surface area contributed by atoms with Crippen molar-refractivity contribution in [3.05, 3.63) is 58.7 Å². The Hall–Kier alpha value is -3.20. The van der Waals surface area contributed by atoms with E-state index in [1.54, 1.807) is 19.2 Å². The molecule has 1 aliphatic heterocycles. The van der Waals surface area contributed by atoms with Crippen molar-refractivity contribution in [1.82, 2.24) is 10.6 Å². The summed E-state index contributed by atoms with van der Waals surface area (Å²) in [6.07, 6.45) is -6.77. The molecule has 2 aromatic rings. The number of rotatable bonds is 3. The molecule has 0 saturated carbocycles. The molecule has 1 aliphatic rings. The molecule has 4 bridgehead atoms. The molecule has 0 aromatic heterocycles.